The Morgan fingerprint density at radius 1 is 0.587 bits per heavy atom. The van der Waals surface area contributed by atoms with Gasteiger partial charge in [-0.25, -0.2) is 4.79 Å². The molecule has 8 nitrogen and oxygen atoms in total. The summed E-state index contributed by atoms with van der Waals surface area (Å²) >= 11 is 0. The van der Waals surface area contributed by atoms with E-state index < -0.39 is 22.4 Å². The first kappa shape index (κ1) is 34.8. The highest BCUT2D eigenvalue weighted by atomic mass is 16.6. The molecule has 0 aromatic carbocycles. The second kappa shape index (κ2) is 13.4. The number of hydrogen-bond acceptors (Lipinski definition) is 8. The fraction of sp³-hybridized carbons (Fsp3) is 0.921. The SMILES string of the molecule is C=C(C)C(=O)OC12CC3(OCC4(CCCC)CCO4)CC(OCC4(CCCC)CCO4)(CC(OCC4(CCCC)CCO4)(C3)C1)C2. The number of carbonyl (C=O) groups is 1. The first-order valence-corrected chi connectivity index (χ1v) is 18.7. The van der Waals surface area contributed by atoms with Crippen LogP contribution in [0.3, 0.4) is 0 Å². The molecular formula is C38H62O8. The monoisotopic (exact) mass is 646 g/mol. The Bertz CT molecular complexity index is 968. The molecule has 0 N–H and O–H groups in total. The van der Waals surface area contributed by atoms with Gasteiger partial charge in [-0.3, -0.25) is 0 Å². The third-order valence-electron chi connectivity index (χ3n) is 12.3. The van der Waals surface area contributed by atoms with Crippen LogP contribution >= 0.6 is 0 Å². The minimum atomic E-state index is -0.754. The fourth-order valence-electron chi connectivity index (χ4n) is 9.80. The molecule has 7 aliphatic rings. The van der Waals surface area contributed by atoms with Crippen molar-refractivity contribution in [3.63, 3.8) is 0 Å². The van der Waals surface area contributed by atoms with E-state index in [2.05, 4.69) is 27.4 Å². The van der Waals surface area contributed by atoms with Gasteiger partial charge in [0.05, 0.1) is 73.2 Å². The molecule has 3 heterocycles. The van der Waals surface area contributed by atoms with Crippen LogP contribution in [0.4, 0.5) is 0 Å². The molecule has 4 saturated carbocycles. The summed E-state index contributed by atoms with van der Waals surface area (Å²) in [7, 11) is 0. The van der Waals surface area contributed by atoms with Crippen LogP contribution in [0.1, 0.15) is 143 Å². The first-order chi connectivity index (χ1) is 22.0. The largest absolute Gasteiger partial charge is 0.455 e. The Balaban J connectivity index is 1.31. The minimum absolute atomic E-state index is 0.225. The molecule has 3 unspecified atom stereocenters. The Labute approximate surface area is 277 Å². The van der Waals surface area contributed by atoms with E-state index in [9.17, 15) is 4.79 Å². The maximum Gasteiger partial charge on any atom is 0.333 e. The van der Waals surface area contributed by atoms with Gasteiger partial charge in [0.2, 0.25) is 0 Å². The van der Waals surface area contributed by atoms with Crippen molar-refractivity contribution in [3.8, 4) is 0 Å². The van der Waals surface area contributed by atoms with E-state index in [1.165, 1.54) is 0 Å². The molecule has 7 fully saturated rings. The van der Waals surface area contributed by atoms with Crippen molar-refractivity contribution in [2.24, 2.45) is 0 Å². The molecule has 4 bridgehead atoms. The Morgan fingerprint density at radius 3 is 1.13 bits per heavy atom. The number of unbranched alkanes of at least 4 members (excludes halogenated alkanes) is 3. The molecule has 3 atom stereocenters. The van der Waals surface area contributed by atoms with Crippen molar-refractivity contribution >= 4 is 5.97 Å². The highest BCUT2D eigenvalue weighted by Gasteiger charge is 2.72. The molecule has 4 aliphatic carbocycles. The molecule has 262 valence electrons. The lowest BCUT2D eigenvalue weighted by molar-refractivity contribution is -0.350. The minimum Gasteiger partial charge on any atom is -0.455 e. The van der Waals surface area contributed by atoms with Crippen molar-refractivity contribution in [2.75, 3.05) is 39.6 Å². The Kier molecular flexibility index (Phi) is 10.1. The van der Waals surface area contributed by atoms with E-state index in [0.29, 0.717) is 44.7 Å². The van der Waals surface area contributed by atoms with E-state index in [0.717, 1.165) is 116 Å². The first-order valence-electron chi connectivity index (χ1n) is 18.7. The van der Waals surface area contributed by atoms with Crippen LogP contribution in [-0.2, 0) is 38.0 Å². The maximum atomic E-state index is 13.3. The summed E-state index contributed by atoms with van der Waals surface area (Å²) in [6.45, 7) is 16.4. The van der Waals surface area contributed by atoms with Crippen molar-refractivity contribution in [1.82, 2.24) is 0 Å². The highest BCUT2D eigenvalue weighted by Crippen LogP contribution is 2.66. The van der Waals surface area contributed by atoms with Gasteiger partial charge in [-0.05, 0) is 26.2 Å². The van der Waals surface area contributed by atoms with Crippen LogP contribution in [-0.4, -0.2) is 84.8 Å². The highest BCUT2D eigenvalue weighted by molar-refractivity contribution is 5.87. The smallest absolute Gasteiger partial charge is 0.333 e. The predicted octanol–water partition coefficient (Wildman–Crippen LogP) is 7.54. The van der Waals surface area contributed by atoms with Crippen LogP contribution in [0.5, 0.6) is 0 Å². The lowest BCUT2D eigenvalue weighted by Gasteiger charge is -2.69. The Hall–Kier alpha value is -1.03. The molecule has 3 saturated heterocycles. The van der Waals surface area contributed by atoms with Gasteiger partial charge in [-0.1, -0.05) is 65.9 Å². The third kappa shape index (κ3) is 7.00. The van der Waals surface area contributed by atoms with Gasteiger partial charge in [-0.2, -0.15) is 0 Å². The molecule has 0 aromatic heterocycles. The molecule has 0 spiro atoms. The normalized spacial score (nSPS) is 42.3. The molecule has 0 radical (unpaired) electrons. The topological polar surface area (TPSA) is 81.7 Å². The zero-order chi connectivity index (χ0) is 32.6. The summed E-state index contributed by atoms with van der Waals surface area (Å²) < 4.78 is 46.8. The summed E-state index contributed by atoms with van der Waals surface area (Å²) in [4.78, 5) is 13.3. The van der Waals surface area contributed by atoms with Gasteiger partial charge >= 0.3 is 5.97 Å². The van der Waals surface area contributed by atoms with E-state index in [4.69, 9.17) is 33.2 Å². The second-order valence-corrected chi connectivity index (χ2v) is 16.5. The summed E-state index contributed by atoms with van der Waals surface area (Å²) in [6.07, 6.45) is 17.1. The average Bonchev–Trinajstić information content (AvgIpc) is 2.94. The number of esters is 1. The molecule has 0 amide bonds. The van der Waals surface area contributed by atoms with Crippen LogP contribution in [0, 0.1) is 0 Å². The zero-order valence-corrected chi connectivity index (χ0v) is 29.4. The lowest BCUT2D eigenvalue weighted by atomic mass is 9.48. The van der Waals surface area contributed by atoms with Crippen LogP contribution in [0.25, 0.3) is 0 Å². The van der Waals surface area contributed by atoms with Gasteiger partial charge in [0.15, 0.2) is 0 Å². The van der Waals surface area contributed by atoms with Crippen LogP contribution < -0.4 is 0 Å². The third-order valence-corrected chi connectivity index (χ3v) is 12.3. The number of hydrogen-bond donors (Lipinski definition) is 0. The number of carbonyl (C=O) groups excluding carboxylic acids is 1. The molecule has 3 aliphatic heterocycles. The lowest BCUT2D eigenvalue weighted by Crippen LogP contribution is -2.75. The summed E-state index contributed by atoms with van der Waals surface area (Å²) in [5.74, 6) is -0.340. The van der Waals surface area contributed by atoms with Crippen LogP contribution in [0.2, 0.25) is 0 Å². The molecule has 7 rings (SSSR count). The van der Waals surface area contributed by atoms with Gasteiger partial charge in [0, 0.05) is 63.4 Å². The van der Waals surface area contributed by atoms with Crippen molar-refractivity contribution in [3.05, 3.63) is 12.2 Å². The molecular weight excluding hydrogens is 584 g/mol. The molecule has 8 heteroatoms. The number of rotatable bonds is 20. The van der Waals surface area contributed by atoms with Gasteiger partial charge < -0.3 is 33.2 Å². The predicted molar refractivity (Wildman–Crippen MR) is 176 cm³/mol. The van der Waals surface area contributed by atoms with Crippen LogP contribution in [0.15, 0.2) is 12.2 Å². The van der Waals surface area contributed by atoms with Gasteiger partial charge in [0.1, 0.15) is 5.60 Å². The van der Waals surface area contributed by atoms with Crippen molar-refractivity contribution in [1.29, 1.82) is 0 Å². The number of ether oxygens (including phenoxy) is 7. The standard InChI is InChI=1S/C38H62O8/c1-6-9-12-32(15-18-40-32)27-43-35-21-36(44-28-33(13-10-7-2)16-19-41-33)23-37(22-35,45-29-34(14-11-8-3)17-20-42-34)26-38(24-35,25-36)46-31(39)30(4)5/h4,6-29H2,1-3,5H3. The molecule has 46 heavy (non-hydrogen) atoms. The van der Waals surface area contributed by atoms with Crippen molar-refractivity contribution < 1.29 is 38.0 Å². The maximum absolute atomic E-state index is 13.3. The van der Waals surface area contributed by atoms with Gasteiger partial charge in [-0.15, -0.1) is 0 Å². The van der Waals surface area contributed by atoms with Crippen molar-refractivity contribution in [2.45, 2.75) is 182 Å². The average molecular weight is 647 g/mol. The van der Waals surface area contributed by atoms with E-state index in [1.807, 2.05) is 0 Å². The van der Waals surface area contributed by atoms with E-state index in [-0.39, 0.29) is 22.8 Å². The fourth-order valence-corrected chi connectivity index (χ4v) is 9.80. The van der Waals surface area contributed by atoms with Gasteiger partial charge in [0.25, 0.3) is 0 Å². The molecule has 0 aromatic rings. The Morgan fingerprint density at radius 2 is 0.891 bits per heavy atom. The quantitative estimate of drug-likeness (QED) is 0.0992. The van der Waals surface area contributed by atoms with E-state index in [1.54, 1.807) is 6.92 Å². The summed E-state index contributed by atoms with van der Waals surface area (Å²) in [6, 6.07) is 0. The van der Waals surface area contributed by atoms with E-state index >= 15 is 0 Å². The second-order valence-electron chi connectivity index (χ2n) is 16.5. The summed E-state index contributed by atoms with van der Waals surface area (Å²) in [5.41, 5.74) is -2.65. The summed E-state index contributed by atoms with van der Waals surface area (Å²) in [5, 5.41) is 0. The zero-order valence-electron chi connectivity index (χ0n) is 29.4.